The number of hydrogen-bond donors (Lipinski definition) is 2. The number of nitrogens with two attached hydrogens (primary N) is 1. The third kappa shape index (κ3) is 4.30. The second-order valence-corrected chi connectivity index (χ2v) is 4.86. The number of amides is 1. The van der Waals surface area contributed by atoms with Crippen LogP contribution in [0.15, 0.2) is 24.3 Å². The molecule has 7 nitrogen and oxygen atoms in total. The number of carbonyl (C=O) groups excluding carboxylic acids is 1. The van der Waals surface area contributed by atoms with Crippen molar-refractivity contribution in [3.05, 3.63) is 34.4 Å². The van der Waals surface area contributed by atoms with Crippen LogP contribution in [-0.4, -0.2) is 41.9 Å². The molecule has 3 N–H and O–H groups in total. The maximum Gasteiger partial charge on any atom is 0.292 e. The number of benzene rings is 1. The topological polar surface area (TPSA) is 102 Å². The van der Waals surface area contributed by atoms with E-state index < -0.39 is 4.92 Å². The van der Waals surface area contributed by atoms with Crippen molar-refractivity contribution in [2.75, 3.05) is 31.5 Å². The van der Waals surface area contributed by atoms with Crippen LogP contribution < -0.4 is 11.1 Å². The van der Waals surface area contributed by atoms with E-state index in [0.717, 1.165) is 6.42 Å². The molecule has 1 aromatic carbocycles. The van der Waals surface area contributed by atoms with E-state index >= 15 is 0 Å². The Hall–Kier alpha value is -1.86. The number of anilines is 1. The Morgan fingerprint density at radius 2 is 2.19 bits per heavy atom. The van der Waals surface area contributed by atoms with Crippen molar-refractivity contribution in [3.8, 4) is 0 Å². The number of nitro benzene ring substituents is 1. The van der Waals surface area contributed by atoms with Crippen molar-refractivity contribution < 1.29 is 9.72 Å². The van der Waals surface area contributed by atoms with Crippen LogP contribution in [0.4, 0.5) is 11.4 Å². The quantitative estimate of drug-likeness (QED) is 0.629. The van der Waals surface area contributed by atoms with Gasteiger partial charge >= 0.3 is 0 Å². The van der Waals surface area contributed by atoms with Crippen molar-refractivity contribution in [1.29, 1.82) is 0 Å². The second-order valence-electron chi connectivity index (χ2n) is 4.86. The zero-order valence-electron chi connectivity index (χ0n) is 11.5. The smallest absolute Gasteiger partial charge is 0.292 e. The summed E-state index contributed by atoms with van der Waals surface area (Å²) in [6, 6.07) is 6.29. The number of halogens is 1. The number of hydrogen-bond acceptors (Lipinski definition) is 5. The molecule has 1 unspecified atom stereocenters. The summed E-state index contributed by atoms with van der Waals surface area (Å²) >= 11 is 0. The summed E-state index contributed by atoms with van der Waals surface area (Å²) in [5.41, 5.74) is 5.92. The van der Waals surface area contributed by atoms with Crippen molar-refractivity contribution >= 4 is 29.7 Å². The molecule has 1 amide bonds. The van der Waals surface area contributed by atoms with Gasteiger partial charge in [-0.3, -0.25) is 14.9 Å². The summed E-state index contributed by atoms with van der Waals surface area (Å²) in [7, 11) is 0. The first-order valence-electron chi connectivity index (χ1n) is 6.57. The molecule has 1 aromatic rings. The molecular formula is C13H19ClN4O3. The number of nitrogens with one attached hydrogen (secondary N) is 1. The van der Waals surface area contributed by atoms with Gasteiger partial charge < -0.3 is 16.0 Å². The summed E-state index contributed by atoms with van der Waals surface area (Å²) in [6.45, 7) is 2.02. The van der Waals surface area contributed by atoms with Crippen LogP contribution in [0.25, 0.3) is 0 Å². The monoisotopic (exact) mass is 314 g/mol. The van der Waals surface area contributed by atoms with Crippen molar-refractivity contribution in [3.63, 3.8) is 0 Å². The third-order valence-corrected chi connectivity index (χ3v) is 3.50. The highest BCUT2D eigenvalue weighted by molar-refractivity contribution is 5.85. The second kappa shape index (κ2) is 7.80. The number of nitrogens with zero attached hydrogens (tertiary/aromatic N) is 2. The van der Waals surface area contributed by atoms with Crippen LogP contribution >= 0.6 is 12.4 Å². The molecule has 1 aliphatic rings. The molecule has 2 rings (SSSR count). The van der Waals surface area contributed by atoms with E-state index in [2.05, 4.69) is 5.32 Å². The molecule has 1 saturated heterocycles. The minimum absolute atomic E-state index is 0. The van der Waals surface area contributed by atoms with Crippen LogP contribution in [0, 0.1) is 16.0 Å². The van der Waals surface area contributed by atoms with E-state index in [-0.39, 0.29) is 30.5 Å². The molecule has 0 radical (unpaired) electrons. The van der Waals surface area contributed by atoms with Gasteiger partial charge in [0.1, 0.15) is 5.69 Å². The van der Waals surface area contributed by atoms with Crippen molar-refractivity contribution in [2.45, 2.75) is 6.42 Å². The fourth-order valence-electron chi connectivity index (χ4n) is 2.32. The van der Waals surface area contributed by atoms with Gasteiger partial charge in [0.25, 0.3) is 5.69 Å². The SMILES string of the molecule is Cl.NCC1CCN(C(=O)CNc2ccccc2[N+](=O)[O-])C1. The average Bonchev–Trinajstić information content (AvgIpc) is 2.94. The Balaban J connectivity index is 0.00000220. The molecule has 8 heteroatoms. The molecule has 0 aliphatic carbocycles. The Labute approximate surface area is 129 Å². The minimum atomic E-state index is -0.465. The van der Waals surface area contributed by atoms with E-state index in [0.29, 0.717) is 31.2 Å². The minimum Gasteiger partial charge on any atom is -0.371 e. The first-order valence-corrected chi connectivity index (χ1v) is 6.57. The summed E-state index contributed by atoms with van der Waals surface area (Å²) in [5.74, 6) is 0.309. The lowest BCUT2D eigenvalue weighted by Gasteiger charge is -2.17. The lowest BCUT2D eigenvalue weighted by atomic mass is 10.1. The van der Waals surface area contributed by atoms with Gasteiger partial charge in [-0.15, -0.1) is 12.4 Å². The van der Waals surface area contributed by atoms with E-state index in [1.807, 2.05) is 0 Å². The van der Waals surface area contributed by atoms with E-state index in [9.17, 15) is 14.9 Å². The van der Waals surface area contributed by atoms with Gasteiger partial charge in [0.2, 0.25) is 5.91 Å². The molecule has 0 spiro atoms. The van der Waals surface area contributed by atoms with E-state index in [1.54, 1.807) is 23.1 Å². The first-order chi connectivity index (χ1) is 9.61. The molecule has 116 valence electrons. The van der Waals surface area contributed by atoms with Gasteiger partial charge in [0.05, 0.1) is 11.5 Å². The van der Waals surface area contributed by atoms with Gasteiger partial charge in [-0.25, -0.2) is 0 Å². The Morgan fingerprint density at radius 1 is 1.48 bits per heavy atom. The van der Waals surface area contributed by atoms with Crippen LogP contribution in [0.5, 0.6) is 0 Å². The highest BCUT2D eigenvalue weighted by Gasteiger charge is 2.25. The lowest BCUT2D eigenvalue weighted by Crippen LogP contribution is -2.34. The molecule has 0 saturated carbocycles. The van der Waals surface area contributed by atoms with Gasteiger partial charge in [0.15, 0.2) is 0 Å². The fraction of sp³-hybridized carbons (Fsp3) is 0.462. The van der Waals surface area contributed by atoms with Gasteiger partial charge in [0, 0.05) is 19.2 Å². The van der Waals surface area contributed by atoms with E-state index in [4.69, 9.17) is 5.73 Å². The predicted octanol–water partition coefficient (Wildman–Crippen LogP) is 1.24. The number of carbonyl (C=O) groups is 1. The number of para-hydroxylation sites is 2. The molecule has 1 heterocycles. The van der Waals surface area contributed by atoms with Crippen LogP contribution in [0.3, 0.4) is 0 Å². The van der Waals surface area contributed by atoms with Crippen LogP contribution in [0.2, 0.25) is 0 Å². The Bertz CT molecular complexity index is 512. The molecule has 1 atom stereocenters. The maximum atomic E-state index is 12.0. The largest absolute Gasteiger partial charge is 0.371 e. The molecular weight excluding hydrogens is 296 g/mol. The molecule has 0 bridgehead atoms. The molecule has 1 fully saturated rings. The standard InChI is InChI=1S/C13H18N4O3.ClH/c14-7-10-5-6-16(9-10)13(18)8-15-11-3-1-2-4-12(11)17(19)20;/h1-4,10,15H,5-9,14H2;1H. The zero-order chi connectivity index (χ0) is 14.5. The average molecular weight is 315 g/mol. The highest BCUT2D eigenvalue weighted by atomic mass is 35.5. The number of likely N-dealkylation sites (tertiary alicyclic amines) is 1. The molecule has 1 aliphatic heterocycles. The summed E-state index contributed by atoms with van der Waals surface area (Å²) < 4.78 is 0. The fourth-order valence-corrected chi connectivity index (χ4v) is 2.32. The number of rotatable bonds is 5. The summed E-state index contributed by atoms with van der Waals surface area (Å²) in [4.78, 5) is 24.2. The number of nitro groups is 1. The van der Waals surface area contributed by atoms with Crippen molar-refractivity contribution in [2.24, 2.45) is 11.7 Å². The summed E-state index contributed by atoms with van der Waals surface area (Å²) in [5, 5.41) is 13.7. The van der Waals surface area contributed by atoms with Gasteiger partial charge in [-0.2, -0.15) is 0 Å². The van der Waals surface area contributed by atoms with Gasteiger partial charge in [-0.05, 0) is 24.9 Å². The maximum absolute atomic E-state index is 12.0. The zero-order valence-corrected chi connectivity index (χ0v) is 12.3. The Morgan fingerprint density at radius 3 is 2.81 bits per heavy atom. The van der Waals surface area contributed by atoms with Crippen LogP contribution in [0.1, 0.15) is 6.42 Å². The first kappa shape index (κ1) is 17.2. The summed E-state index contributed by atoms with van der Waals surface area (Å²) in [6.07, 6.45) is 0.924. The third-order valence-electron chi connectivity index (χ3n) is 3.50. The van der Waals surface area contributed by atoms with Gasteiger partial charge in [-0.1, -0.05) is 12.1 Å². The highest BCUT2D eigenvalue weighted by Crippen LogP contribution is 2.23. The van der Waals surface area contributed by atoms with Crippen LogP contribution in [-0.2, 0) is 4.79 Å². The molecule has 21 heavy (non-hydrogen) atoms. The predicted molar refractivity (Wildman–Crippen MR) is 82.6 cm³/mol. The van der Waals surface area contributed by atoms with E-state index in [1.165, 1.54) is 6.07 Å². The normalized spacial score (nSPS) is 17.2. The Kier molecular flexibility index (Phi) is 6.39. The molecule has 0 aromatic heterocycles. The van der Waals surface area contributed by atoms with Crippen molar-refractivity contribution in [1.82, 2.24) is 4.90 Å². The lowest BCUT2D eigenvalue weighted by molar-refractivity contribution is -0.383.